The van der Waals surface area contributed by atoms with Gasteiger partial charge in [-0.2, -0.15) is 0 Å². The average Bonchev–Trinajstić information content (AvgIpc) is 2.80. The molecule has 2 aliphatic heterocycles. The van der Waals surface area contributed by atoms with E-state index in [1.165, 1.54) is 0 Å². The van der Waals surface area contributed by atoms with Crippen molar-refractivity contribution in [2.24, 2.45) is 11.8 Å². The molecule has 3 atom stereocenters. The molecule has 120 valence electrons. The minimum Gasteiger partial charge on any atom is -0.371 e. The summed E-state index contributed by atoms with van der Waals surface area (Å²) in [4.78, 5) is 14.9. The molecule has 1 amide bonds. The van der Waals surface area contributed by atoms with Crippen molar-refractivity contribution in [3.63, 3.8) is 0 Å². The van der Waals surface area contributed by atoms with Gasteiger partial charge >= 0.3 is 0 Å². The quantitative estimate of drug-likeness (QED) is 0.905. The predicted octanol–water partition coefficient (Wildman–Crippen LogP) is 2.05. The number of hydrogen-bond acceptors (Lipinski definition) is 3. The molecule has 22 heavy (non-hydrogen) atoms. The van der Waals surface area contributed by atoms with Crippen LogP contribution in [0.2, 0.25) is 0 Å². The van der Waals surface area contributed by atoms with Gasteiger partial charge in [0.05, 0.1) is 18.1 Å². The highest BCUT2D eigenvalue weighted by molar-refractivity contribution is 5.79. The second-order valence-electron chi connectivity index (χ2n) is 6.95. The van der Waals surface area contributed by atoms with Crippen LogP contribution >= 0.6 is 0 Å². The van der Waals surface area contributed by atoms with Crippen molar-refractivity contribution in [1.29, 1.82) is 0 Å². The monoisotopic (exact) mass is 302 g/mol. The van der Waals surface area contributed by atoms with E-state index in [2.05, 4.69) is 24.1 Å². The lowest BCUT2D eigenvalue weighted by Gasteiger charge is -2.33. The molecule has 4 heteroatoms. The lowest BCUT2D eigenvalue weighted by atomic mass is 9.99. The predicted molar refractivity (Wildman–Crippen MR) is 86.3 cm³/mol. The highest BCUT2D eigenvalue weighted by Crippen LogP contribution is 2.32. The molecule has 2 fully saturated rings. The molecule has 0 radical (unpaired) electrons. The number of amides is 1. The Kier molecular flexibility index (Phi) is 4.79. The van der Waals surface area contributed by atoms with Crippen molar-refractivity contribution in [2.45, 2.75) is 39.0 Å². The minimum absolute atomic E-state index is 0.00544. The summed E-state index contributed by atoms with van der Waals surface area (Å²) in [6.45, 7) is 8.02. The van der Waals surface area contributed by atoms with Crippen molar-refractivity contribution in [3.05, 3.63) is 35.9 Å². The molecule has 2 heterocycles. The zero-order chi connectivity index (χ0) is 15.5. The van der Waals surface area contributed by atoms with E-state index in [0.717, 1.165) is 31.6 Å². The number of likely N-dealkylation sites (tertiary alicyclic amines) is 1. The van der Waals surface area contributed by atoms with Gasteiger partial charge in [-0.05, 0) is 17.9 Å². The van der Waals surface area contributed by atoms with Crippen LogP contribution in [0.15, 0.2) is 30.3 Å². The lowest BCUT2D eigenvalue weighted by molar-refractivity contribution is -0.128. The fourth-order valence-electron chi connectivity index (χ4n) is 3.59. The van der Waals surface area contributed by atoms with E-state index in [1.54, 1.807) is 0 Å². The van der Waals surface area contributed by atoms with Gasteiger partial charge in [-0.15, -0.1) is 0 Å². The first-order valence-electron chi connectivity index (χ1n) is 8.31. The number of carbonyl (C=O) groups is 1. The molecule has 0 spiro atoms. The Bertz CT molecular complexity index is 503. The topological polar surface area (TPSA) is 41.6 Å². The van der Waals surface area contributed by atoms with Crippen LogP contribution in [-0.2, 0) is 16.1 Å². The third-order valence-corrected chi connectivity index (χ3v) is 4.50. The molecule has 1 N–H and O–H groups in total. The molecular weight excluding hydrogens is 276 g/mol. The lowest BCUT2D eigenvalue weighted by Crippen LogP contribution is -2.46. The summed E-state index contributed by atoms with van der Waals surface area (Å²) in [5.41, 5.74) is 1.14. The van der Waals surface area contributed by atoms with Crippen LogP contribution in [0.3, 0.4) is 0 Å². The van der Waals surface area contributed by atoms with Crippen LogP contribution in [-0.4, -0.2) is 42.6 Å². The number of nitrogens with zero attached hydrogens (tertiary/aromatic N) is 1. The summed E-state index contributed by atoms with van der Waals surface area (Å²) < 4.78 is 5.99. The highest BCUT2D eigenvalue weighted by Gasteiger charge is 2.44. The molecule has 1 aromatic rings. The third-order valence-electron chi connectivity index (χ3n) is 4.50. The second-order valence-corrected chi connectivity index (χ2v) is 6.95. The standard InChI is InChI=1S/C18H26N2O2/c1-13(2)10-20-11-15-8-16(17(12-20)22-15)18(21)19-9-14-6-4-3-5-7-14/h3-7,13,15-17H,8-12H2,1-2H3,(H,19,21)/t15-,16-,17-/m1/s1. The maximum absolute atomic E-state index is 12.5. The van der Waals surface area contributed by atoms with Crippen molar-refractivity contribution < 1.29 is 9.53 Å². The number of hydrogen-bond donors (Lipinski definition) is 1. The first-order valence-corrected chi connectivity index (χ1v) is 8.31. The van der Waals surface area contributed by atoms with Gasteiger partial charge in [-0.1, -0.05) is 44.2 Å². The smallest absolute Gasteiger partial charge is 0.226 e. The Morgan fingerprint density at radius 2 is 2.09 bits per heavy atom. The van der Waals surface area contributed by atoms with Gasteiger partial charge in [0.2, 0.25) is 5.91 Å². The van der Waals surface area contributed by atoms with E-state index >= 15 is 0 Å². The number of ether oxygens (including phenoxy) is 1. The summed E-state index contributed by atoms with van der Waals surface area (Å²) in [7, 11) is 0. The van der Waals surface area contributed by atoms with E-state index in [0.29, 0.717) is 12.5 Å². The van der Waals surface area contributed by atoms with E-state index < -0.39 is 0 Å². The zero-order valence-electron chi connectivity index (χ0n) is 13.5. The Morgan fingerprint density at radius 3 is 2.82 bits per heavy atom. The van der Waals surface area contributed by atoms with Crippen LogP contribution in [0.25, 0.3) is 0 Å². The summed E-state index contributed by atoms with van der Waals surface area (Å²) >= 11 is 0. The third kappa shape index (κ3) is 3.68. The fourth-order valence-corrected chi connectivity index (χ4v) is 3.59. The average molecular weight is 302 g/mol. The Labute approximate surface area is 132 Å². The number of rotatable bonds is 5. The molecule has 0 aliphatic carbocycles. The van der Waals surface area contributed by atoms with Crippen LogP contribution in [0, 0.1) is 11.8 Å². The van der Waals surface area contributed by atoms with Crippen molar-refractivity contribution in [2.75, 3.05) is 19.6 Å². The van der Waals surface area contributed by atoms with Gasteiger partial charge in [0.25, 0.3) is 0 Å². The molecule has 0 saturated carbocycles. The molecule has 2 aliphatic rings. The Hall–Kier alpha value is -1.39. The van der Waals surface area contributed by atoms with Crippen molar-refractivity contribution in [1.82, 2.24) is 10.2 Å². The summed E-state index contributed by atoms with van der Waals surface area (Å²) in [5.74, 6) is 0.802. The van der Waals surface area contributed by atoms with E-state index in [1.807, 2.05) is 30.3 Å². The van der Waals surface area contributed by atoms with Gasteiger partial charge in [0, 0.05) is 26.2 Å². The van der Waals surface area contributed by atoms with E-state index in [9.17, 15) is 4.79 Å². The Balaban J connectivity index is 1.53. The summed E-state index contributed by atoms with van der Waals surface area (Å²) in [6.07, 6.45) is 1.15. The van der Waals surface area contributed by atoms with Gasteiger partial charge in [-0.25, -0.2) is 0 Å². The Morgan fingerprint density at radius 1 is 1.32 bits per heavy atom. The maximum atomic E-state index is 12.5. The first-order chi connectivity index (χ1) is 10.6. The highest BCUT2D eigenvalue weighted by atomic mass is 16.5. The van der Waals surface area contributed by atoms with Crippen LogP contribution in [0.5, 0.6) is 0 Å². The number of carbonyl (C=O) groups excluding carboxylic acids is 1. The minimum atomic E-state index is 0.00544. The number of fused-ring (bicyclic) bond motifs is 2. The van der Waals surface area contributed by atoms with E-state index in [4.69, 9.17) is 4.74 Å². The number of nitrogens with one attached hydrogen (secondary N) is 1. The molecule has 1 aromatic carbocycles. The largest absolute Gasteiger partial charge is 0.371 e. The normalized spacial score (nSPS) is 28.0. The SMILES string of the molecule is CC(C)CN1C[C@H]2C[C@@H](C(=O)NCc3ccccc3)[C@@H](C1)O2. The van der Waals surface area contributed by atoms with Crippen molar-refractivity contribution >= 4 is 5.91 Å². The van der Waals surface area contributed by atoms with Gasteiger partial charge in [0.1, 0.15) is 0 Å². The number of morpholine rings is 1. The molecule has 2 bridgehead atoms. The van der Waals surface area contributed by atoms with E-state index in [-0.39, 0.29) is 24.0 Å². The van der Waals surface area contributed by atoms with Crippen LogP contribution in [0.1, 0.15) is 25.8 Å². The second kappa shape index (κ2) is 6.80. The molecule has 0 unspecified atom stereocenters. The van der Waals surface area contributed by atoms with Crippen LogP contribution < -0.4 is 5.32 Å². The van der Waals surface area contributed by atoms with Gasteiger partial charge < -0.3 is 10.1 Å². The molecule has 0 aromatic heterocycles. The molecule has 4 nitrogen and oxygen atoms in total. The summed E-state index contributed by atoms with van der Waals surface area (Å²) in [5, 5.41) is 3.07. The zero-order valence-corrected chi connectivity index (χ0v) is 13.5. The molecular formula is C18H26N2O2. The van der Waals surface area contributed by atoms with Gasteiger partial charge in [-0.3, -0.25) is 9.69 Å². The fraction of sp³-hybridized carbons (Fsp3) is 0.611. The first kappa shape index (κ1) is 15.5. The summed E-state index contributed by atoms with van der Waals surface area (Å²) in [6, 6.07) is 10.1. The molecule has 3 rings (SSSR count). The maximum Gasteiger partial charge on any atom is 0.226 e. The molecule has 2 saturated heterocycles. The van der Waals surface area contributed by atoms with Crippen molar-refractivity contribution in [3.8, 4) is 0 Å². The van der Waals surface area contributed by atoms with Gasteiger partial charge in [0.15, 0.2) is 0 Å². The van der Waals surface area contributed by atoms with Crippen LogP contribution in [0.4, 0.5) is 0 Å². The number of benzene rings is 1.